The normalized spacial score (nSPS) is 34.1. The van der Waals surface area contributed by atoms with Gasteiger partial charge in [-0.05, 0) is 32.3 Å². The van der Waals surface area contributed by atoms with Crippen LogP contribution in [-0.4, -0.2) is 11.6 Å². The Kier molecular flexibility index (Phi) is 1.86. The van der Waals surface area contributed by atoms with Crippen molar-refractivity contribution in [3.8, 4) is 0 Å². The molecule has 0 heterocycles. The summed E-state index contributed by atoms with van der Waals surface area (Å²) in [7, 11) is 0. The van der Waals surface area contributed by atoms with Crippen LogP contribution in [0.3, 0.4) is 0 Å². The number of allylic oxidation sites excluding steroid dienone is 2. The summed E-state index contributed by atoms with van der Waals surface area (Å²) in [6, 6.07) is 0. The summed E-state index contributed by atoms with van der Waals surface area (Å²) in [5.41, 5.74) is 0.798. The molecule has 1 fully saturated rings. The first-order valence-electron chi connectivity index (χ1n) is 4.90. The molecule has 0 aromatic rings. The Morgan fingerprint density at radius 3 is 2.77 bits per heavy atom. The maximum atomic E-state index is 11.8. The Morgan fingerprint density at radius 2 is 2.00 bits per heavy atom. The zero-order valence-electron chi connectivity index (χ0n) is 7.93. The number of ketones is 2. The molecule has 0 bridgehead atoms. The van der Waals surface area contributed by atoms with Crippen LogP contribution in [0.4, 0.5) is 0 Å². The van der Waals surface area contributed by atoms with E-state index >= 15 is 0 Å². The number of fused-ring (bicyclic) bond motifs is 1. The minimum absolute atomic E-state index is 0.133. The van der Waals surface area contributed by atoms with Gasteiger partial charge in [0.05, 0.1) is 0 Å². The minimum atomic E-state index is -0.286. The Morgan fingerprint density at radius 1 is 1.23 bits per heavy atom. The Balaban J connectivity index is 2.43. The van der Waals surface area contributed by atoms with Crippen LogP contribution in [0.25, 0.3) is 0 Å². The lowest BCUT2D eigenvalue weighted by atomic mass is 9.80. The summed E-state index contributed by atoms with van der Waals surface area (Å²) in [5.74, 6) is 0.399. The van der Waals surface area contributed by atoms with E-state index in [9.17, 15) is 9.59 Å². The van der Waals surface area contributed by atoms with E-state index in [0.29, 0.717) is 12.8 Å². The Labute approximate surface area is 78.0 Å². The number of carbonyl (C=O) groups is 2. The van der Waals surface area contributed by atoms with Gasteiger partial charge in [-0.25, -0.2) is 0 Å². The number of rotatable bonds is 0. The number of hydrogen-bond donors (Lipinski definition) is 0. The molecule has 0 aliphatic heterocycles. The molecule has 0 radical (unpaired) electrons. The van der Waals surface area contributed by atoms with Crippen molar-refractivity contribution in [2.75, 3.05) is 0 Å². The third kappa shape index (κ3) is 1.25. The van der Waals surface area contributed by atoms with E-state index < -0.39 is 0 Å². The van der Waals surface area contributed by atoms with Gasteiger partial charge in [-0.1, -0.05) is 5.57 Å². The van der Waals surface area contributed by atoms with Crippen molar-refractivity contribution >= 4 is 11.6 Å². The molecule has 1 saturated carbocycles. The van der Waals surface area contributed by atoms with E-state index in [2.05, 4.69) is 0 Å². The first-order chi connectivity index (χ1) is 6.13. The van der Waals surface area contributed by atoms with Gasteiger partial charge < -0.3 is 0 Å². The summed E-state index contributed by atoms with van der Waals surface area (Å²) in [6.07, 6.45) is 5.51. The van der Waals surface area contributed by atoms with Gasteiger partial charge in [0.1, 0.15) is 5.78 Å². The number of carbonyl (C=O) groups excluding carboxylic acids is 2. The second-order valence-corrected chi connectivity index (χ2v) is 4.24. The molecule has 2 aliphatic carbocycles. The molecule has 2 rings (SSSR count). The third-order valence-corrected chi connectivity index (χ3v) is 3.38. The molecule has 0 aromatic carbocycles. The molecule has 1 atom stereocenters. The summed E-state index contributed by atoms with van der Waals surface area (Å²) < 4.78 is 0. The van der Waals surface area contributed by atoms with Gasteiger partial charge >= 0.3 is 0 Å². The molecule has 0 amide bonds. The largest absolute Gasteiger partial charge is 0.299 e. The minimum Gasteiger partial charge on any atom is -0.299 e. The van der Waals surface area contributed by atoms with Crippen LogP contribution in [0.15, 0.2) is 11.6 Å². The predicted molar refractivity (Wildman–Crippen MR) is 49.3 cm³/mol. The van der Waals surface area contributed by atoms with Gasteiger partial charge in [-0.15, -0.1) is 0 Å². The highest BCUT2D eigenvalue weighted by Crippen LogP contribution is 2.45. The average Bonchev–Trinajstić information content (AvgIpc) is 2.41. The van der Waals surface area contributed by atoms with Crippen molar-refractivity contribution in [2.45, 2.75) is 39.0 Å². The van der Waals surface area contributed by atoms with Crippen molar-refractivity contribution < 1.29 is 9.59 Å². The fraction of sp³-hybridized carbons (Fsp3) is 0.636. The van der Waals surface area contributed by atoms with Crippen LogP contribution in [-0.2, 0) is 9.59 Å². The van der Waals surface area contributed by atoms with Crippen molar-refractivity contribution in [3.05, 3.63) is 11.6 Å². The third-order valence-electron chi connectivity index (χ3n) is 3.38. The number of Topliss-reactive ketones (excluding diaryl/α,β-unsaturated/α-hetero) is 1. The first kappa shape index (κ1) is 8.67. The van der Waals surface area contributed by atoms with Gasteiger partial charge in [-0.3, -0.25) is 9.59 Å². The molecule has 2 aliphatic rings. The number of hydrogen-bond acceptors (Lipinski definition) is 2. The molecule has 2 nitrogen and oxygen atoms in total. The van der Waals surface area contributed by atoms with Crippen LogP contribution in [0.5, 0.6) is 0 Å². The van der Waals surface area contributed by atoms with Crippen molar-refractivity contribution in [1.82, 2.24) is 0 Å². The van der Waals surface area contributed by atoms with Crippen LogP contribution >= 0.6 is 0 Å². The molecule has 2 heteroatoms. The highest BCUT2D eigenvalue weighted by Gasteiger charge is 2.41. The highest BCUT2D eigenvalue weighted by molar-refractivity contribution is 6.00. The van der Waals surface area contributed by atoms with Crippen molar-refractivity contribution in [1.29, 1.82) is 0 Å². The zero-order chi connectivity index (χ0) is 9.47. The Hall–Kier alpha value is -0.920. The quantitative estimate of drug-likeness (QED) is 0.568. The summed E-state index contributed by atoms with van der Waals surface area (Å²) in [5, 5.41) is 0. The molecule has 0 aromatic heterocycles. The summed E-state index contributed by atoms with van der Waals surface area (Å²) >= 11 is 0. The van der Waals surface area contributed by atoms with E-state index in [4.69, 9.17) is 0 Å². The monoisotopic (exact) mass is 178 g/mol. The topological polar surface area (TPSA) is 34.1 Å². The van der Waals surface area contributed by atoms with E-state index in [1.807, 2.05) is 6.92 Å². The molecule has 70 valence electrons. The molecular formula is C11H14O2. The SMILES string of the molecule is CC12CCCC1=CC(=O)CCC2=O. The van der Waals surface area contributed by atoms with Gasteiger partial charge in [0.25, 0.3) is 0 Å². The molecular weight excluding hydrogens is 164 g/mol. The van der Waals surface area contributed by atoms with Crippen LogP contribution in [0.1, 0.15) is 39.0 Å². The van der Waals surface area contributed by atoms with E-state index in [1.165, 1.54) is 0 Å². The second kappa shape index (κ2) is 2.79. The van der Waals surface area contributed by atoms with Crippen LogP contribution < -0.4 is 0 Å². The predicted octanol–water partition coefficient (Wildman–Crippen LogP) is 2.04. The lowest BCUT2D eigenvalue weighted by molar-refractivity contribution is -0.127. The maximum Gasteiger partial charge on any atom is 0.156 e. The fourth-order valence-corrected chi connectivity index (χ4v) is 2.40. The highest BCUT2D eigenvalue weighted by atomic mass is 16.1. The molecule has 0 N–H and O–H groups in total. The van der Waals surface area contributed by atoms with E-state index in [-0.39, 0.29) is 17.0 Å². The van der Waals surface area contributed by atoms with Gasteiger partial charge in [0.15, 0.2) is 5.78 Å². The molecule has 1 unspecified atom stereocenters. The first-order valence-corrected chi connectivity index (χ1v) is 4.90. The lowest BCUT2D eigenvalue weighted by Gasteiger charge is -2.22. The van der Waals surface area contributed by atoms with Crippen LogP contribution in [0, 0.1) is 5.41 Å². The average molecular weight is 178 g/mol. The van der Waals surface area contributed by atoms with Gasteiger partial charge in [-0.2, -0.15) is 0 Å². The Bertz CT molecular complexity index is 301. The summed E-state index contributed by atoms with van der Waals surface area (Å²) in [4.78, 5) is 23.1. The van der Waals surface area contributed by atoms with Gasteiger partial charge in [0.2, 0.25) is 0 Å². The molecule has 0 saturated heterocycles. The van der Waals surface area contributed by atoms with Crippen molar-refractivity contribution in [3.63, 3.8) is 0 Å². The zero-order valence-corrected chi connectivity index (χ0v) is 7.93. The van der Waals surface area contributed by atoms with Gasteiger partial charge in [0, 0.05) is 18.3 Å². The van der Waals surface area contributed by atoms with Crippen LogP contribution in [0.2, 0.25) is 0 Å². The standard InChI is InChI=1S/C11H14O2/c1-11-6-2-3-8(11)7-9(12)4-5-10(11)13/h7H,2-6H2,1H3. The fourth-order valence-electron chi connectivity index (χ4n) is 2.40. The maximum absolute atomic E-state index is 11.8. The smallest absolute Gasteiger partial charge is 0.156 e. The summed E-state index contributed by atoms with van der Waals surface area (Å²) in [6.45, 7) is 1.99. The lowest BCUT2D eigenvalue weighted by Crippen LogP contribution is -2.24. The molecule has 13 heavy (non-hydrogen) atoms. The second-order valence-electron chi connectivity index (χ2n) is 4.24. The van der Waals surface area contributed by atoms with E-state index in [0.717, 1.165) is 24.8 Å². The van der Waals surface area contributed by atoms with E-state index in [1.54, 1.807) is 6.08 Å². The van der Waals surface area contributed by atoms with Crippen molar-refractivity contribution in [2.24, 2.45) is 5.41 Å². The molecule has 0 spiro atoms.